The molecule has 1 atom stereocenters. The molecule has 2 heterocycles. The van der Waals surface area contributed by atoms with Crippen LogP contribution in [0.3, 0.4) is 0 Å². The summed E-state index contributed by atoms with van der Waals surface area (Å²) in [6, 6.07) is 37.5. The zero-order chi connectivity index (χ0) is 24.3. The highest BCUT2D eigenvalue weighted by Crippen LogP contribution is 2.51. The van der Waals surface area contributed by atoms with Gasteiger partial charge in [0.05, 0.1) is 6.42 Å². The fourth-order valence-corrected chi connectivity index (χ4v) is 5.49. The Labute approximate surface area is 211 Å². The summed E-state index contributed by atoms with van der Waals surface area (Å²) in [5, 5.41) is 0. The predicted molar refractivity (Wildman–Crippen MR) is 143 cm³/mol. The summed E-state index contributed by atoms with van der Waals surface area (Å²) >= 11 is 0. The minimum Gasteiger partial charge on any atom is -0.294 e. The molecule has 36 heavy (non-hydrogen) atoms. The van der Waals surface area contributed by atoms with E-state index in [1.165, 1.54) is 27.8 Å². The molecule has 1 aliphatic rings. The number of hydrogen-bond donors (Lipinski definition) is 0. The Balaban J connectivity index is 1.38. The van der Waals surface area contributed by atoms with Crippen LogP contribution < -0.4 is 0 Å². The van der Waals surface area contributed by atoms with Gasteiger partial charge in [0, 0.05) is 41.2 Å². The summed E-state index contributed by atoms with van der Waals surface area (Å²) < 4.78 is 0. The number of carbonyl (C=O) groups excluding carboxylic acids is 1. The van der Waals surface area contributed by atoms with E-state index in [-0.39, 0.29) is 17.6 Å². The van der Waals surface area contributed by atoms with Gasteiger partial charge in [-0.05, 0) is 58.5 Å². The van der Waals surface area contributed by atoms with Crippen molar-refractivity contribution in [2.75, 3.05) is 0 Å². The molecular weight excluding hydrogens is 440 g/mol. The number of ketones is 1. The van der Waals surface area contributed by atoms with Gasteiger partial charge in [0.25, 0.3) is 0 Å². The highest BCUT2D eigenvalue weighted by molar-refractivity contribution is 5.97. The third-order valence-corrected chi connectivity index (χ3v) is 7.17. The number of nitrogens with zero attached hydrogens (tertiary/aromatic N) is 2. The van der Waals surface area contributed by atoms with E-state index in [0.717, 1.165) is 17.8 Å². The molecule has 174 valence electrons. The number of hydrogen-bond acceptors (Lipinski definition) is 3. The summed E-state index contributed by atoms with van der Waals surface area (Å²) in [6.45, 7) is 0. The van der Waals surface area contributed by atoms with Crippen LogP contribution in [0.1, 0.15) is 50.3 Å². The van der Waals surface area contributed by atoms with Gasteiger partial charge in [0.15, 0.2) is 5.78 Å². The molecule has 3 heteroatoms. The fraction of sp³-hybridized carbons (Fsp3) is 0.121. The Hall–Kier alpha value is -4.37. The first kappa shape index (κ1) is 22.1. The van der Waals surface area contributed by atoms with E-state index < -0.39 is 0 Å². The van der Waals surface area contributed by atoms with Crippen LogP contribution in [0.2, 0.25) is 0 Å². The van der Waals surface area contributed by atoms with Crippen LogP contribution >= 0.6 is 0 Å². The molecule has 0 spiro atoms. The first-order chi connectivity index (χ1) is 17.8. The van der Waals surface area contributed by atoms with Gasteiger partial charge in [-0.1, -0.05) is 84.9 Å². The monoisotopic (exact) mass is 466 g/mol. The lowest BCUT2D eigenvalue weighted by Crippen LogP contribution is -2.15. The Bertz CT molecular complexity index is 1450. The molecule has 0 amide bonds. The highest BCUT2D eigenvalue weighted by Gasteiger charge is 2.35. The van der Waals surface area contributed by atoms with Crippen LogP contribution in [-0.4, -0.2) is 15.8 Å². The summed E-state index contributed by atoms with van der Waals surface area (Å²) in [5.41, 5.74) is 9.13. The van der Waals surface area contributed by atoms with E-state index in [9.17, 15) is 4.79 Å². The molecule has 0 N–H and O–H groups in total. The molecule has 1 aliphatic carbocycles. The summed E-state index contributed by atoms with van der Waals surface area (Å²) in [5.74, 6) is 0.484. The topological polar surface area (TPSA) is 42.9 Å². The number of rotatable bonds is 7. The SMILES string of the molecule is O=C(Cc1ccccn1)c1ccc(C(Cc2ccccn2)C2c3ccccc3-c3ccccc32)cc1. The molecule has 2 aromatic heterocycles. The number of benzene rings is 3. The van der Waals surface area contributed by atoms with E-state index in [1.807, 2.05) is 42.6 Å². The van der Waals surface area contributed by atoms with Gasteiger partial charge >= 0.3 is 0 Å². The molecule has 3 aromatic carbocycles. The predicted octanol–water partition coefficient (Wildman–Crippen LogP) is 7.04. The van der Waals surface area contributed by atoms with Crippen LogP contribution in [0.25, 0.3) is 11.1 Å². The molecule has 0 fully saturated rings. The van der Waals surface area contributed by atoms with Gasteiger partial charge < -0.3 is 0 Å². The highest BCUT2D eigenvalue weighted by atomic mass is 16.1. The number of aromatic nitrogens is 2. The Morgan fingerprint density at radius 1 is 0.639 bits per heavy atom. The molecule has 6 rings (SSSR count). The molecule has 0 radical (unpaired) electrons. The van der Waals surface area contributed by atoms with Gasteiger partial charge in [-0.2, -0.15) is 0 Å². The first-order valence-corrected chi connectivity index (χ1v) is 12.4. The second-order valence-electron chi connectivity index (χ2n) is 9.33. The Morgan fingerprint density at radius 3 is 1.78 bits per heavy atom. The third kappa shape index (κ3) is 4.25. The molecule has 0 saturated heterocycles. The standard InChI is InChI=1S/C33H26N2O/c36-32(22-26-10-6-8-20-35-26)24-17-15-23(16-18-24)31(21-25-9-5-7-19-34-25)33-29-13-3-1-11-27(29)28-12-2-4-14-30(28)33/h1-20,31,33H,21-22H2. The lowest BCUT2D eigenvalue weighted by molar-refractivity contribution is 0.0992. The van der Waals surface area contributed by atoms with Crippen molar-refractivity contribution < 1.29 is 4.79 Å². The van der Waals surface area contributed by atoms with E-state index in [0.29, 0.717) is 12.0 Å². The number of carbonyl (C=O) groups is 1. The molecule has 0 bridgehead atoms. The van der Waals surface area contributed by atoms with Crippen LogP contribution in [-0.2, 0) is 12.8 Å². The average Bonchev–Trinajstić information content (AvgIpc) is 3.27. The van der Waals surface area contributed by atoms with Gasteiger partial charge in [-0.25, -0.2) is 0 Å². The minimum absolute atomic E-state index is 0.0816. The van der Waals surface area contributed by atoms with Gasteiger partial charge in [0.1, 0.15) is 0 Å². The van der Waals surface area contributed by atoms with Crippen molar-refractivity contribution in [1.82, 2.24) is 9.97 Å². The first-order valence-electron chi connectivity index (χ1n) is 12.4. The quantitative estimate of drug-likeness (QED) is 0.242. The van der Waals surface area contributed by atoms with Crippen LogP contribution in [0.5, 0.6) is 0 Å². The van der Waals surface area contributed by atoms with Gasteiger partial charge in [0.2, 0.25) is 0 Å². The number of fused-ring (bicyclic) bond motifs is 3. The zero-order valence-electron chi connectivity index (χ0n) is 19.9. The van der Waals surface area contributed by atoms with Crippen molar-refractivity contribution in [3.05, 3.63) is 155 Å². The van der Waals surface area contributed by atoms with Crippen molar-refractivity contribution in [3.8, 4) is 11.1 Å². The van der Waals surface area contributed by atoms with E-state index in [1.54, 1.807) is 6.20 Å². The maximum Gasteiger partial charge on any atom is 0.168 e. The van der Waals surface area contributed by atoms with Crippen LogP contribution in [0, 0.1) is 0 Å². The molecule has 0 aliphatic heterocycles. The van der Waals surface area contributed by atoms with E-state index >= 15 is 0 Å². The van der Waals surface area contributed by atoms with Crippen LogP contribution in [0.15, 0.2) is 122 Å². The van der Waals surface area contributed by atoms with Crippen LogP contribution in [0.4, 0.5) is 0 Å². The number of pyridine rings is 2. The summed E-state index contributed by atoms with van der Waals surface area (Å²) in [4.78, 5) is 21.9. The maximum absolute atomic E-state index is 12.9. The van der Waals surface area contributed by atoms with Gasteiger partial charge in [-0.15, -0.1) is 0 Å². The lowest BCUT2D eigenvalue weighted by atomic mass is 9.77. The summed E-state index contributed by atoms with van der Waals surface area (Å²) in [7, 11) is 0. The molecule has 3 nitrogen and oxygen atoms in total. The maximum atomic E-state index is 12.9. The van der Waals surface area contributed by atoms with Crippen molar-refractivity contribution in [1.29, 1.82) is 0 Å². The third-order valence-electron chi connectivity index (χ3n) is 7.17. The van der Waals surface area contributed by atoms with Crippen molar-refractivity contribution in [2.45, 2.75) is 24.7 Å². The molecule has 1 unspecified atom stereocenters. The Kier molecular flexibility index (Phi) is 5.96. The van der Waals surface area contributed by atoms with Gasteiger partial charge in [-0.3, -0.25) is 14.8 Å². The number of Topliss-reactive ketones (excluding diaryl/α,β-unsaturated/α-hetero) is 1. The summed E-state index contributed by atoms with van der Waals surface area (Å²) in [6.07, 6.45) is 4.71. The zero-order valence-corrected chi connectivity index (χ0v) is 19.9. The van der Waals surface area contributed by atoms with E-state index in [2.05, 4.69) is 82.8 Å². The van der Waals surface area contributed by atoms with Crippen molar-refractivity contribution in [2.24, 2.45) is 0 Å². The van der Waals surface area contributed by atoms with Crippen molar-refractivity contribution >= 4 is 5.78 Å². The smallest absolute Gasteiger partial charge is 0.168 e. The largest absolute Gasteiger partial charge is 0.294 e. The Morgan fingerprint density at radius 2 is 1.19 bits per heavy atom. The average molecular weight is 467 g/mol. The van der Waals surface area contributed by atoms with Crippen molar-refractivity contribution in [3.63, 3.8) is 0 Å². The molecule has 5 aromatic rings. The fourth-order valence-electron chi connectivity index (χ4n) is 5.49. The normalized spacial score (nSPS) is 13.1. The molecular formula is C33H26N2O. The minimum atomic E-state index is 0.0816. The second-order valence-corrected chi connectivity index (χ2v) is 9.33. The van der Waals surface area contributed by atoms with E-state index in [4.69, 9.17) is 0 Å². The second kappa shape index (κ2) is 9.71. The lowest BCUT2D eigenvalue weighted by Gasteiger charge is -2.26. The molecule has 0 saturated carbocycles.